The molecular formula is C12H11BrN2O2. The molecule has 0 aliphatic rings. The number of nitrogens with zero attached hydrogens (tertiary/aromatic N) is 1. The van der Waals surface area contributed by atoms with Crippen LogP contribution >= 0.6 is 15.9 Å². The fraction of sp³-hybridized carbons (Fsp3) is 0.167. The van der Waals surface area contributed by atoms with Gasteiger partial charge in [0.25, 0.3) is 5.91 Å². The molecule has 0 aliphatic heterocycles. The molecule has 1 N–H and O–H groups in total. The third-order valence-electron chi connectivity index (χ3n) is 2.34. The van der Waals surface area contributed by atoms with E-state index >= 15 is 0 Å². The van der Waals surface area contributed by atoms with Gasteiger partial charge in [0.2, 0.25) is 0 Å². The van der Waals surface area contributed by atoms with Gasteiger partial charge in [-0.3, -0.25) is 14.6 Å². The average Bonchev–Trinajstić information content (AvgIpc) is 2.27. The minimum atomic E-state index is -0.273. The predicted molar refractivity (Wildman–Crippen MR) is 68.7 cm³/mol. The largest absolute Gasteiger partial charge is 0.277 e. The van der Waals surface area contributed by atoms with Crippen LogP contribution in [0.25, 0.3) is 10.9 Å². The first-order valence-electron chi connectivity index (χ1n) is 5.02. The van der Waals surface area contributed by atoms with Crippen LogP contribution in [-0.2, 0) is 4.84 Å². The van der Waals surface area contributed by atoms with Crippen LogP contribution < -0.4 is 5.48 Å². The number of amides is 1. The lowest BCUT2D eigenvalue weighted by atomic mass is 10.1. The maximum absolute atomic E-state index is 11.8. The summed E-state index contributed by atoms with van der Waals surface area (Å²) < 4.78 is 0.932. The quantitative estimate of drug-likeness (QED) is 0.866. The molecule has 1 amide bonds. The van der Waals surface area contributed by atoms with E-state index in [2.05, 4.69) is 31.2 Å². The Bertz CT molecular complexity index is 579. The van der Waals surface area contributed by atoms with Crippen molar-refractivity contribution in [1.82, 2.24) is 10.5 Å². The van der Waals surface area contributed by atoms with Crippen molar-refractivity contribution in [3.05, 3.63) is 40.0 Å². The summed E-state index contributed by atoms with van der Waals surface area (Å²) in [5.41, 5.74) is 4.44. The van der Waals surface area contributed by atoms with Crippen LogP contribution in [0.2, 0.25) is 0 Å². The van der Waals surface area contributed by atoms with E-state index < -0.39 is 0 Å². The van der Waals surface area contributed by atoms with Crippen molar-refractivity contribution >= 4 is 32.7 Å². The number of rotatable bonds is 2. The van der Waals surface area contributed by atoms with Gasteiger partial charge in [-0.15, -0.1) is 0 Å². The van der Waals surface area contributed by atoms with Crippen LogP contribution in [0.4, 0.5) is 0 Å². The Morgan fingerprint density at radius 1 is 1.41 bits per heavy atom. The fourth-order valence-corrected chi connectivity index (χ4v) is 2.02. The molecule has 0 aliphatic carbocycles. The molecule has 88 valence electrons. The Balaban J connectivity index is 2.65. The van der Waals surface area contributed by atoms with Gasteiger partial charge in [0, 0.05) is 15.6 Å². The number of hydrogen-bond donors (Lipinski definition) is 1. The van der Waals surface area contributed by atoms with Crippen molar-refractivity contribution in [2.75, 3.05) is 7.11 Å². The summed E-state index contributed by atoms with van der Waals surface area (Å²) >= 11 is 3.38. The lowest BCUT2D eigenvalue weighted by molar-refractivity contribution is 0.0539. The topological polar surface area (TPSA) is 51.2 Å². The van der Waals surface area contributed by atoms with Gasteiger partial charge in [0.15, 0.2) is 0 Å². The zero-order valence-corrected chi connectivity index (χ0v) is 11.0. The van der Waals surface area contributed by atoms with Gasteiger partial charge in [-0.2, -0.15) is 0 Å². The van der Waals surface area contributed by atoms with E-state index in [9.17, 15) is 4.79 Å². The second-order valence-corrected chi connectivity index (χ2v) is 4.52. The monoisotopic (exact) mass is 294 g/mol. The number of aryl methyl sites for hydroxylation is 1. The van der Waals surface area contributed by atoms with E-state index in [1.807, 2.05) is 25.1 Å². The Labute approximate surface area is 107 Å². The number of halogens is 1. The van der Waals surface area contributed by atoms with Crippen molar-refractivity contribution in [2.24, 2.45) is 0 Å². The van der Waals surface area contributed by atoms with E-state index in [0.717, 1.165) is 21.1 Å². The Hall–Kier alpha value is -1.46. The zero-order chi connectivity index (χ0) is 12.4. The molecule has 0 fully saturated rings. The first-order valence-corrected chi connectivity index (χ1v) is 5.81. The first kappa shape index (κ1) is 12.0. The highest BCUT2D eigenvalue weighted by Crippen LogP contribution is 2.22. The maximum Gasteiger partial charge on any atom is 0.275 e. The van der Waals surface area contributed by atoms with Crippen molar-refractivity contribution in [2.45, 2.75) is 6.92 Å². The first-order chi connectivity index (χ1) is 8.11. The second kappa shape index (κ2) is 4.81. The molecule has 2 aromatic rings. The standard InChI is InChI=1S/C12H11BrN2O2/c1-7-5-10(12(16)15-17-2)9-4-3-8(13)6-11(9)14-7/h3-6H,1-2H3,(H,15,16). The number of carbonyl (C=O) groups is 1. The van der Waals surface area contributed by atoms with Crippen molar-refractivity contribution in [1.29, 1.82) is 0 Å². The summed E-state index contributed by atoms with van der Waals surface area (Å²) in [6, 6.07) is 7.36. The van der Waals surface area contributed by atoms with Crippen LogP contribution in [0.5, 0.6) is 0 Å². The lowest BCUT2D eigenvalue weighted by Crippen LogP contribution is -2.22. The minimum Gasteiger partial charge on any atom is -0.277 e. The Morgan fingerprint density at radius 2 is 2.18 bits per heavy atom. The fourth-order valence-electron chi connectivity index (χ4n) is 1.67. The van der Waals surface area contributed by atoms with Gasteiger partial charge < -0.3 is 0 Å². The smallest absolute Gasteiger partial charge is 0.275 e. The summed E-state index contributed by atoms with van der Waals surface area (Å²) in [4.78, 5) is 20.9. The number of fused-ring (bicyclic) bond motifs is 1. The molecule has 1 aromatic carbocycles. The molecule has 1 heterocycles. The van der Waals surface area contributed by atoms with Gasteiger partial charge in [-0.25, -0.2) is 5.48 Å². The summed E-state index contributed by atoms with van der Waals surface area (Å²) in [5, 5.41) is 0.799. The van der Waals surface area contributed by atoms with Crippen LogP contribution in [0, 0.1) is 6.92 Å². The number of carbonyl (C=O) groups excluding carboxylic acids is 1. The molecule has 5 heteroatoms. The van der Waals surface area contributed by atoms with Crippen molar-refractivity contribution in [3.8, 4) is 0 Å². The maximum atomic E-state index is 11.8. The highest BCUT2D eigenvalue weighted by Gasteiger charge is 2.11. The van der Waals surface area contributed by atoms with Gasteiger partial charge in [-0.1, -0.05) is 22.0 Å². The molecule has 2 rings (SSSR count). The van der Waals surface area contributed by atoms with Crippen molar-refractivity contribution < 1.29 is 9.63 Å². The highest BCUT2D eigenvalue weighted by atomic mass is 79.9. The normalized spacial score (nSPS) is 10.5. The molecule has 0 saturated carbocycles. The molecule has 0 radical (unpaired) electrons. The van der Waals surface area contributed by atoms with Crippen LogP contribution in [0.15, 0.2) is 28.7 Å². The molecule has 0 saturated heterocycles. The third kappa shape index (κ3) is 2.45. The van der Waals surface area contributed by atoms with Crippen molar-refractivity contribution in [3.63, 3.8) is 0 Å². The molecule has 0 spiro atoms. The highest BCUT2D eigenvalue weighted by molar-refractivity contribution is 9.10. The molecule has 4 nitrogen and oxygen atoms in total. The van der Waals surface area contributed by atoms with Gasteiger partial charge >= 0.3 is 0 Å². The second-order valence-electron chi connectivity index (χ2n) is 3.61. The van der Waals surface area contributed by atoms with Gasteiger partial charge in [-0.05, 0) is 25.1 Å². The summed E-state index contributed by atoms with van der Waals surface area (Å²) in [5.74, 6) is -0.273. The number of hydroxylamine groups is 1. The third-order valence-corrected chi connectivity index (χ3v) is 2.83. The van der Waals surface area contributed by atoms with E-state index in [0.29, 0.717) is 5.56 Å². The molecular weight excluding hydrogens is 284 g/mol. The zero-order valence-electron chi connectivity index (χ0n) is 9.45. The lowest BCUT2D eigenvalue weighted by Gasteiger charge is -2.07. The number of nitrogens with one attached hydrogen (secondary N) is 1. The number of hydrogen-bond acceptors (Lipinski definition) is 3. The molecule has 17 heavy (non-hydrogen) atoms. The van der Waals surface area contributed by atoms with E-state index in [4.69, 9.17) is 0 Å². The summed E-state index contributed by atoms with van der Waals surface area (Å²) in [7, 11) is 1.41. The van der Waals surface area contributed by atoms with Gasteiger partial charge in [0.05, 0.1) is 18.2 Å². The number of pyridine rings is 1. The Morgan fingerprint density at radius 3 is 2.88 bits per heavy atom. The molecule has 1 aromatic heterocycles. The van der Waals surface area contributed by atoms with Gasteiger partial charge in [0.1, 0.15) is 0 Å². The summed E-state index contributed by atoms with van der Waals surface area (Å²) in [6.07, 6.45) is 0. The molecule has 0 bridgehead atoms. The van der Waals surface area contributed by atoms with Crippen LogP contribution in [0.3, 0.4) is 0 Å². The predicted octanol–water partition coefficient (Wildman–Crippen LogP) is 2.60. The Kier molecular flexibility index (Phi) is 3.40. The molecule has 0 unspecified atom stereocenters. The summed E-state index contributed by atoms with van der Waals surface area (Å²) in [6.45, 7) is 1.85. The van der Waals surface area contributed by atoms with Crippen LogP contribution in [-0.4, -0.2) is 18.0 Å². The number of benzene rings is 1. The van der Waals surface area contributed by atoms with E-state index in [1.165, 1.54) is 7.11 Å². The van der Waals surface area contributed by atoms with Crippen LogP contribution in [0.1, 0.15) is 16.1 Å². The number of aromatic nitrogens is 1. The average molecular weight is 295 g/mol. The SMILES string of the molecule is CONC(=O)c1cc(C)nc2cc(Br)ccc12. The van der Waals surface area contributed by atoms with E-state index in [-0.39, 0.29) is 5.91 Å². The molecule has 0 atom stereocenters. The van der Waals surface area contributed by atoms with E-state index in [1.54, 1.807) is 6.07 Å². The minimum absolute atomic E-state index is 0.273.